The molecule has 3 rings (SSSR count). The summed E-state index contributed by atoms with van der Waals surface area (Å²) in [5.74, 6) is -5.12. The van der Waals surface area contributed by atoms with Gasteiger partial charge in [-0.1, -0.05) is 17.7 Å². The lowest BCUT2D eigenvalue weighted by molar-refractivity contribution is 0.581. The second kappa shape index (κ2) is 6.37. The number of halogens is 6. The van der Waals surface area contributed by atoms with Crippen LogP contribution < -0.4 is 5.73 Å². The van der Waals surface area contributed by atoms with Gasteiger partial charge in [-0.05, 0) is 47.5 Å². The lowest BCUT2D eigenvalue weighted by Gasteiger charge is -2.11. The minimum atomic E-state index is -1.13. The Morgan fingerprint density at radius 3 is 1.60 bits per heavy atom. The van der Waals surface area contributed by atoms with Crippen molar-refractivity contribution >= 4 is 17.3 Å². The molecule has 0 aliphatic heterocycles. The van der Waals surface area contributed by atoms with Crippen LogP contribution in [0.25, 0.3) is 22.3 Å². The van der Waals surface area contributed by atoms with E-state index in [9.17, 15) is 22.0 Å². The van der Waals surface area contributed by atoms with Crippen LogP contribution in [-0.2, 0) is 0 Å². The van der Waals surface area contributed by atoms with Crippen LogP contribution in [0.1, 0.15) is 0 Å². The first kappa shape index (κ1) is 17.2. The van der Waals surface area contributed by atoms with Gasteiger partial charge in [0.25, 0.3) is 0 Å². The van der Waals surface area contributed by atoms with E-state index < -0.39 is 40.2 Å². The third-order valence-corrected chi connectivity index (χ3v) is 3.97. The van der Waals surface area contributed by atoms with E-state index in [4.69, 9.17) is 17.3 Å². The number of anilines is 1. The highest BCUT2D eigenvalue weighted by molar-refractivity contribution is 6.33. The summed E-state index contributed by atoms with van der Waals surface area (Å²) in [6.45, 7) is 0. The fourth-order valence-electron chi connectivity index (χ4n) is 2.50. The predicted octanol–water partition coefficient (Wildman–Crippen LogP) is 5.95. The van der Waals surface area contributed by atoms with Crippen LogP contribution in [0.5, 0.6) is 0 Å². The zero-order valence-electron chi connectivity index (χ0n) is 12.4. The highest BCUT2D eigenvalue weighted by atomic mass is 35.5. The summed E-state index contributed by atoms with van der Waals surface area (Å²) < 4.78 is 70.2. The van der Waals surface area contributed by atoms with E-state index >= 15 is 0 Å². The largest absolute Gasteiger partial charge is 0.395 e. The molecule has 128 valence electrons. The van der Waals surface area contributed by atoms with Gasteiger partial charge in [0.1, 0.15) is 29.1 Å². The summed E-state index contributed by atoms with van der Waals surface area (Å²) >= 11 is 5.73. The molecule has 0 fully saturated rings. The molecule has 7 heteroatoms. The molecule has 1 nitrogen and oxygen atoms in total. The number of hydrogen-bond acceptors (Lipinski definition) is 1. The Morgan fingerprint density at radius 2 is 1.08 bits per heavy atom. The van der Waals surface area contributed by atoms with Crippen molar-refractivity contribution in [3.8, 4) is 22.3 Å². The van der Waals surface area contributed by atoms with Crippen molar-refractivity contribution in [2.75, 3.05) is 5.73 Å². The summed E-state index contributed by atoms with van der Waals surface area (Å²) in [4.78, 5) is 0. The molecule has 0 saturated carbocycles. The quantitative estimate of drug-likeness (QED) is 0.438. The van der Waals surface area contributed by atoms with Crippen molar-refractivity contribution < 1.29 is 22.0 Å². The number of nitrogens with two attached hydrogens (primary N) is 1. The first-order chi connectivity index (χ1) is 11.8. The predicted molar refractivity (Wildman–Crippen MR) is 86.5 cm³/mol. The third kappa shape index (κ3) is 3.05. The molecule has 0 aliphatic carbocycles. The fraction of sp³-hybridized carbons (Fsp3) is 0. The van der Waals surface area contributed by atoms with E-state index in [1.54, 1.807) is 0 Å². The summed E-state index contributed by atoms with van der Waals surface area (Å²) in [7, 11) is 0. The normalized spacial score (nSPS) is 11.0. The maximum absolute atomic E-state index is 14.4. The van der Waals surface area contributed by atoms with Gasteiger partial charge in [-0.3, -0.25) is 0 Å². The monoisotopic (exact) mass is 369 g/mol. The summed E-state index contributed by atoms with van der Waals surface area (Å²) in [5, 5.41) is -0.210. The molecule has 0 saturated heterocycles. The summed E-state index contributed by atoms with van der Waals surface area (Å²) in [6, 6.07) is 6.53. The summed E-state index contributed by atoms with van der Waals surface area (Å²) in [6.07, 6.45) is 0. The van der Waals surface area contributed by atoms with Crippen molar-refractivity contribution in [1.29, 1.82) is 0 Å². The molecular weight excluding hydrogens is 361 g/mol. The van der Waals surface area contributed by atoms with Gasteiger partial charge in [0.2, 0.25) is 0 Å². The van der Waals surface area contributed by atoms with Gasteiger partial charge < -0.3 is 5.73 Å². The number of nitrogen functional groups attached to an aromatic ring is 1. The van der Waals surface area contributed by atoms with Crippen LogP contribution in [0.3, 0.4) is 0 Å². The van der Waals surface area contributed by atoms with Crippen molar-refractivity contribution in [3.05, 3.63) is 76.6 Å². The van der Waals surface area contributed by atoms with Crippen LogP contribution in [-0.4, -0.2) is 0 Å². The molecule has 0 aliphatic rings. The molecule has 2 N–H and O–H groups in total. The lowest BCUT2D eigenvalue weighted by Crippen LogP contribution is -1.98. The topological polar surface area (TPSA) is 26.0 Å². The average Bonchev–Trinajstić information content (AvgIpc) is 2.51. The molecule has 0 amide bonds. The van der Waals surface area contributed by atoms with E-state index in [0.29, 0.717) is 0 Å². The maximum Gasteiger partial charge on any atom is 0.148 e. The standard InChI is InChI=1S/C18H9ClF5N/c19-10-4-8(7-15(24)18(10)25)17-13(22)5-9(6-14(17)23)16-11(20)2-1-3-12(16)21/h1-7H,25H2. The van der Waals surface area contributed by atoms with Crippen molar-refractivity contribution in [2.24, 2.45) is 0 Å². The zero-order chi connectivity index (χ0) is 18.3. The van der Waals surface area contributed by atoms with Crippen LogP contribution >= 0.6 is 11.6 Å². The smallest absolute Gasteiger partial charge is 0.148 e. The Bertz CT molecular complexity index is 921. The molecule has 0 heterocycles. The Balaban J connectivity index is 2.20. The van der Waals surface area contributed by atoms with E-state index in [-0.39, 0.29) is 21.8 Å². The first-order valence-corrected chi connectivity index (χ1v) is 7.35. The Kier molecular flexibility index (Phi) is 4.39. The zero-order valence-corrected chi connectivity index (χ0v) is 13.1. The van der Waals surface area contributed by atoms with Gasteiger partial charge in [0.05, 0.1) is 21.8 Å². The summed E-state index contributed by atoms with van der Waals surface area (Å²) in [5.41, 5.74) is 3.36. The maximum atomic E-state index is 14.4. The van der Waals surface area contributed by atoms with Crippen LogP contribution in [0.2, 0.25) is 5.02 Å². The second-order valence-electron chi connectivity index (χ2n) is 5.27. The SMILES string of the molecule is Nc1c(F)cc(-c2c(F)cc(-c3c(F)cccc3F)cc2F)cc1Cl. The molecule has 0 spiro atoms. The van der Waals surface area contributed by atoms with Gasteiger partial charge in [-0.2, -0.15) is 0 Å². The Hall–Kier alpha value is -2.60. The van der Waals surface area contributed by atoms with Gasteiger partial charge >= 0.3 is 0 Å². The van der Waals surface area contributed by atoms with Gasteiger partial charge in [0.15, 0.2) is 0 Å². The van der Waals surface area contributed by atoms with Crippen LogP contribution in [0.4, 0.5) is 27.6 Å². The number of rotatable bonds is 2. The minimum Gasteiger partial charge on any atom is -0.395 e. The van der Waals surface area contributed by atoms with Crippen LogP contribution in [0.15, 0.2) is 42.5 Å². The van der Waals surface area contributed by atoms with E-state index in [1.807, 2.05) is 0 Å². The fourth-order valence-corrected chi connectivity index (χ4v) is 2.70. The molecule has 3 aromatic carbocycles. The molecular formula is C18H9ClF5N. The van der Waals surface area contributed by atoms with E-state index in [1.165, 1.54) is 0 Å². The lowest BCUT2D eigenvalue weighted by atomic mass is 9.98. The van der Waals surface area contributed by atoms with Gasteiger partial charge in [-0.25, -0.2) is 22.0 Å². The Morgan fingerprint density at radius 1 is 0.640 bits per heavy atom. The second-order valence-corrected chi connectivity index (χ2v) is 5.67. The molecule has 0 bridgehead atoms. The Labute approximate surface area is 144 Å². The van der Waals surface area contributed by atoms with Crippen molar-refractivity contribution in [2.45, 2.75) is 0 Å². The molecule has 3 aromatic rings. The number of hydrogen-bond donors (Lipinski definition) is 1. The van der Waals surface area contributed by atoms with Gasteiger partial charge in [0, 0.05) is 0 Å². The molecule has 0 unspecified atom stereocenters. The molecule has 25 heavy (non-hydrogen) atoms. The van der Waals surface area contributed by atoms with Gasteiger partial charge in [-0.15, -0.1) is 0 Å². The number of benzene rings is 3. The van der Waals surface area contributed by atoms with Crippen molar-refractivity contribution in [1.82, 2.24) is 0 Å². The highest BCUT2D eigenvalue weighted by Gasteiger charge is 2.19. The van der Waals surface area contributed by atoms with Crippen LogP contribution in [0, 0.1) is 29.1 Å². The molecule has 0 radical (unpaired) electrons. The third-order valence-electron chi connectivity index (χ3n) is 3.66. The van der Waals surface area contributed by atoms with Crippen molar-refractivity contribution in [3.63, 3.8) is 0 Å². The molecule has 0 aromatic heterocycles. The highest BCUT2D eigenvalue weighted by Crippen LogP contribution is 2.36. The van der Waals surface area contributed by atoms with E-state index in [0.717, 1.165) is 42.5 Å². The molecule has 0 atom stereocenters. The minimum absolute atomic E-state index is 0.188. The average molecular weight is 370 g/mol. The first-order valence-electron chi connectivity index (χ1n) is 6.98. The van der Waals surface area contributed by atoms with E-state index in [2.05, 4.69) is 0 Å².